The van der Waals surface area contributed by atoms with E-state index in [1.807, 2.05) is 0 Å². The van der Waals surface area contributed by atoms with Crippen molar-refractivity contribution in [3.05, 3.63) is 35.0 Å². The molecule has 1 amide bonds. The largest absolute Gasteiger partial charge is 0.490 e. The molecule has 0 saturated carbocycles. The van der Waals surface area contributed by atoms with Crippen LogP contribution in [-0.2, 0) is 0 Å². The summed E-state index contributed by atoms with van der Waals surface area (Å²) in [5, 5.41) is 9.85. The van der Waals surface area contributed by atoms with E-state index in [1.54, 1.807) is 24.4 Å². The molecule has 0 radical (unpaired) electrons. The van der Waals surface area contributed by atoms with Crippen molar-refractivity contribution in [2.45, 2.75) is 0 Å². The number of nitrogens with two attached hydrogens (primary N) is 1. The summed E-state index contributed by atoms with van der Waals surface area (Å²) in [5.41, 5.74) is 6.09. The number of aliphatic hydroxyl groups is 1. The zero-order valence-corrected chi connectivity index (χ0v) is 10.1. The van der Waals surface area contributed by atoms with Gasteiger partial charge in [0.2, 0.25) is 0 Å². The van der Waals surface area contributed by atoms with Crippen LogP contribution >= 0.6 is 11.6 Å². The van der Waals surface area contributed by atoms with Crippen LogP contribution in [0.25, 0.3) is 10.9 Å². The van der Waals surface area contributed by atoms with Gasteiger partial charge in [0.05, 0.1) is 22.7 Å². The Morgan fingerprint density at radius 3 is 2.94 bits per heavy atom. The Kier molecular flexibility index (Phi) is 3.64. The summed E-state index contributed by atoms with van der Waals surface area (Å²) in [6.07, 6.45) is 1.56. The van der Waals surface area contributed by atoms with Crippen LogP contribution in [0.5, 0.6) is 5.75 Å². The first-order valence-corrected chi connectivity index (χ1v) is 5.63. The number of carbonyl (C=O) groups is 1. The Balaban J connectivity index is 2.61. The van der Waals surface area contributed by atoms with Crippen LogP contribution < -0.4 is 10.5 Å². The van der Waals surface area contributed by atoms with Gasteiger partial charge in [-0.05, 0) is 12.1 Å². The monoisotopic (exact) mass is 266 g/mol. The molecule has 2 rings (SSSR count). The van der Waals surface area contributed by atoms with E-state index in [0.717, 1.165) is 0 Å². The number of carbonyl (C=O) groups excluding carboxylic acids is 1. The SMILES string of the molecule is NC(=O)c1cc2c(Cl)ccnc2cc1OCCO. The van der Waals surface area contributed by atoms with Gasteiger partial charge < -0.3 is 15.6 Å². The summed E-state index contributed by atoms with van der Waals surface area (Å²) in [5.74, 6) is -0.330. The van der Waals surface area contributed by atoms with Crippen molar-refractivity contribution in [2.24, 2.45) is 5.73 Å². The van der Waals surface area contributed by atoms with Crippen molar-refractivity contribution < 1.29 is 14.6 Å². The molecule has 0 saturated heterocycles. The molecule has 0 aliphatic rings. The van der Waals surface area contributed by atoms with Crippen LogP contribution in [0.2, 0.25) is 5.02 Å². The number of fused-ring (bicyclic) bond motifs is 1. The first-order chi connectivity index (χ1) is 8.63. The molecule has 5 nitrogen and oxygen atoms in total. The van der Waals surface area contributed by atoms with E-state index < -0.39 is 5.91 Å². The number of rotatable bonds is 4. The first kappa shape index (κ1) is 12.6. The van der Waals surface area contributed by atoms with Gasteiger partial charge in [0.1, 0.15) is 12.4 Å². The second-order valence-electron chi connectivity index (χ2n) is 3.59. The van der Waals surface area contributed by atoms with E-state index in [1.165, 1.54) is 0 Å². The summed E-state index contributed by atoms with van der Waals surface area (Å²) in [6, 6.07) is 4.75. The highest BCUT2D eigenvalue weighted by Gasteiger charge is 2.13. The Morgan fingerprint density at radius 1 is 1.50 bits per heavy atom. The van der Waals surface area contributed by atoms with Gasteiger partial charge in [0.25, 0.3) is 5.91 Å². The third-order valence-electron chi connectivity index (χ3n) is 2.40. The quantitative estimate of drug-likeness (QED) is 0.875. The number of nitrogens with zero attached hydrogens (tertiary/aromatic N) is 1. The fourth-order valence-electron chi connectivity index (χ4n) is 1.61. The number of pyridine rings is 1. The summed E-state index contributed by atoms with van der Waals surface area (Å²) >= 11 is 6.02. The predicted molar refractivity (Wildman–Crippen MR) is 67.9 cm³/mol. The van der Waals surface area contributed by atoms with Crippen LogP contribution in [0, 0.1) is 0 Å². The smallest absolute Gasteiger partial charge is 0.252 e. The maximum Gasteiger partial charge on any atom is 0.252 e. The van der Waals surface area contributed by atoms with Gasteiger partial charge in [-0.15, -0.1) is 0 Å². The van der Waals surface area contributed by atoms with Crippen molar-refractivity contribution in [1.82, 2.24) is 4.98 Å². The van der Waals surface area contributed by atoms with E-state index in [4.69, 9.17) is 27.2 Å². The molecule has 0 fully saturated rings. The lowest BCUT2D eigenvalue weighted by atomic mass is 10.1. The number of amides is 1. The van der Waals surface area contributed by atoms with Crippen LogP contribution in [0.4, 0.5) is 0 Å². The Bertz CT molecular complexity index is 601. The van der Waals surface area contributed by atoms with Crippen LogP contribution in [0.1, 0.15) is 10.4 Å². The molecule has 0 unspecified atom stereocenters. The summed E-state index contributed by atoms with van der Waals surface area (Å²) in [7, 11) is 0. The number of aliphatic hydroxyl groups excluding tert-OH is 1. The molecule has 6 heteroatoms. The Labute approximate surface area is 108 Å². The number of ether oxygens (including phenoxy) is 1. The van der Waals surface area contributed by atoms with Crippen molar-refractivity contribution in [2.75, 3.05) is 13.2 Å². The first-order valence-electron chi connectivity index (χ1n) is 5.25. The number of hydrogen-bond acceptors (Lipinski definition) is 4. The molecule has 0 bridgehead atoms. The fraction of sp³-hybridized carbons (Fsp3) is 0.167. The molecule has 3 N–H and O–H groups in total. The molecule has 0 aliphatic carbocycles. The van der Waals surface area contributed by atoms with Crippen molar-refractivity contribution >= 4 is 28.4 Å². The highest BCUT2D eigenvalue weighted by molar-refractivity contribution is 6.35. The predicted octanol–water partition coefficient (Wildman–Crippen LogP) is 1.36. The summed E-state index contributed by atoms with van der Waals surface area (Å²) < 4.78 is 5.26. The van der Waals surface area contributed by atoms with E-state index >= 15 is 0 Å². The van der Waals surface area contributed by atoms with Crippen molar-refractivity contribution in [3.8, 4) is 5.75 Å². The van der Waals surface area contributed by atoms with Gasteiger partial charge in [-0.25, -0.2) is 0 Å². The topological polar surface area (TPSA) is 85.4 Å². The molecule has 2 aromatic rings. The molecular weight excluding hydrogens is 256 g/mol. The lowest BCUT2D eigenvalue weighted by molar-refractivity contribution is 0.0995. The third kappa shape index (κ3) is 2.37. The summed E-state index contributed by atoms with van der Waals surface area (Å²) in [6.45, 7) is -0.0778. The zero-order valence-electron chi connectivity index (χ0n) is 9.39. The lowest BCUT2D eigenvalue weighted by Crippen LogP contribution is -2.14. The number of halogens is 1. The average Bonchev–Trinajstić information content (AvgIpc) is 2.35. The van der Waals surface area contributed by atoms with Gasteiger partial charge in [-0.2, -0.15) is 0 Å². The number of primary amides is 1. The number of benzene rings is 1. The van der Waals surface area contributed by atoms with Gasteiger partial charge in [-0.1, -0.05) is 11.6 Å². The average molecular weight is 267 g/mol. The minimum atomic E-state index is -0.621. The molecule has 0 aliphatic heterocycles. The maximum absolute atomic E-state index is 11.4. The zero-order chi connectivity index (χ0) is 13.1. The second-order valence-corrected chi connectivity index (χ2v) is 4.00. The van der Waals surface area contributed by atoms with Crippen LogP contribution in [0.15, 0.2) is 24.4 Å². The minimum absolute atomic E-state index is 0.0757. The summed E-state index contributed by atoms with van der Waals surface area (Å²) in [4.78, 5) is 15.5. The highest BCUT2D eigenvalue weighted by Crippen LogP contribution is 2.29. The minimum Gasteiger partial charge on any atom is -0.490 e. The lowest BCUT2D eigenvalue weighted by Gasteiger charge is -2.10. The van der Waals surface area contributed by atoms with Gasteiger partial charge >= 0.3 is 0 Å². The molecule has 1 heterocycles. The number of aromatic nitrogens is 1. The Hall–Kier alpha value is -1.85. The van der Waals surface area contributed by atoms with E-state index in [0.29, 0.717) is 21.7 Å². The molecule has 18 heavy (non-hydrogen) atoms. The second kappa shape index (κ2) is 5.20. The third-order valence-corrected chi connectivity index (χ3v) is 2.73. The molecule has 94 valence electrons. The molecule has 1 aromatic heterocycles. The van der Waals surface area contributed by atoms with Crippen molar-refractivity contribution in [1.29, 1.82) is 0 Å². The van der Waals surface area contributed by atoms with Gasteiger partial charge in [0.15, 0.2) is 0 Å². The van der Waals surface area contributed by atoms with E-state index in [9.17, 15) is 4.79 Å². The van der Waals surface area contributed by atoms with Crippen molar-refractivity contribution in [3.63, 3.8) is 0 Å². The van der Waals surface area contributed by atoms with E-state index in [2.05, 4.69) is 4.98 Å². The Morgan fingerprint density at radius 2 is 2.28 bits per heavy atom. The van der Waals surface area contributed by atoms with E-state index in [-0.39, 0.29) is 18.8 Å². The normalized spacial score (nSPS) is 10.6. The highest BCUT2D eigenvalue weighted by atomic mass is 35.5. The fourth-order valence-corrected chi connectivity index (χ4v) is 1.82. The molecule has 0 atom stereocenters. The van der Waals surface area contributed by atoms with Gasteiger partial charge in [-0.3, -0.25) is 9.78 Å². The maximum atomic E-state index is 11.4. The molecule has 1 aromatic carbocycles. The number of hydrogen-bond donors (Lipinski definition) is 2. The standard InChI is InChI=1S/C12H11ClN2O3/c13-9-1-2-15-10-6-11(18-4-3-16)8(12(14)17)5-7(9)10/h1-2,5-6,16H,3-4H2,(H2,14,17). The molecular formula is C12H11ClN2O3. The van der Waals surface area contributed by atoms with Gasteiger partial charge in [0, 0.05) is 17.6 Å². The van der Waals surface area contributed by atoms with Crippen LogP contribution in [-0.4, -0.2) is 29.2 Å². The molecule has 0 spiro atoms. The van der Waals surface area contributed by atoms with Crippen LogP contribution in [0.3, 0.4) is 0 Å².